The van der Waals surface area contributed by atoms with Crippen LogP contribution in [0.1, 0.15) is 24.8 Å². The molecule has 2 heterocycles. The maximum Gasteiger partial charge on any atom is 0.0645 e. The van der Waals surface area contributed by atoms with E-state index >= 15 is 0 Å². The van der Waals surface area contributed by atoms with Crippen molar-refractivity contribution in [1.82, 2.24) is 20.0 Å². The summed E-state index contributed by atoms with van der Waals surface area (Å²) in [5.74, 6) is 0. The summed E-state index contributed by atoms with van der Waals surface area (Å²) in [4.78, 5) is 2.45. The van der Waals surface area contributed by atoms with Crippen LogP contribution in [0.5, 0.6) is 0 Å². The number of hydrogen-bond donors (Lipinski definition) is 2. The zero-order valence-electron chi connectivity index (χ0n) is 13.6. The summed E-state index contributed by atoms with van der Waals surface area (Å²) < 4.78 is 1.87. The van der Waals surface area contributed by atoms with Gasteiger partial charge in [0.2, 0.25) is 0 Å². The summed E-state index contributed by atoms with van der Waals surface area (Å²) in [6, 6.07) is 10.4. The maximum absolute atomic E-state index is 9.50. The standard InChI is InChI=1S/C18H26N4O/c23-18-7-13-21(14-8-18)11-1-9-19-15-16-3-5-17(6-4-16)22-12-2-10-20-22/h2-6,10,12,18-19,23H,1,7-9,11,13-15H2. The van der Waals surface area contributed by atoms with E-state index in [1.165, 1.54) is 5.56 Å². The van der Waals surface area contributed by atoms with Crippen LogP contribution in [-0.2, 0) is 6.54 Å². The van der Waals surface area contributed by atoms with E-state index in [-0.39, 0.29) is 6.10 Å². The van der Waals surface area contributed by atoms with Crippen LogP contribution >= 0.6 is 0 Å². The summed E-state index contributed by atoms with van der Waals surface area (Å²) in [6.07, 6.45) is 6.67. The Bertz CT molecular complexity index is 559. The molecule has 23 heavy (non-hydrogen) atoms. The van der Waals surface area contributed by atoms with Gasteiger partial charge in [0.15, 0.2) is 0 Å². The third kappa shape index (κ3) is 4.89. The van der Waals surface area contributed by atoms with E-state index in [0.29, 0.717) is 0 Å². The van der Waals surface area contributed by atoms with Crippen LogP contribution in [0.4, 0.5) is 0 Å². The van der Waals surface area contributed by atoms with Crippen LogP contribution < -0.4 is 5.32 Å². The average Bonchev–Trinajstić information content (AvgIpc) is 3.11. The molecule has 5 nitrogen and oxygen atoms in total. The first-order valence-electron chi connectivity index (χ1n) is 8.51. The molecule has 5 heteroatoms. The van der Waals surface area contributed by atoms with Crippen molar-refractivity contribution in [2.24, 2.45) is 0 Å². The van der Waals surface area contributed by atoms with E-state index in [1.54, 1.807) is 6.20 Å². The van der Waals surface area contributed by atoms with Gasteiger partial charge < -0.3 is 15.3 Å². The first-order valence-corrected chi connectivity index (χ1v) is 8.51. The number of nitrogens with one attached hydrogen (secondary N) is 1. The molecule has 124 valence electrons. The zero-order chi connectivity index (χ0) is 15.9. The van der Waals surface area contributed by atoms with Crippen molar-refractivity contribution in [1.29, 1.82) is 0 Å². The molecule has 1 aliphatic heterocycles. The fourth-order valence-electron chi connectivity index (χ4n) is 2.99. The number of aliphatic hydroxyl groups is 1. The van der Waals surface area contributed by atoms with Crippen LogP contribution in [0.2, 0.25) is 0 Å². The lowest BCUT2D eigenvalue weighted by atomic mass is 10.1. The Balaban J connectivity index is 1.33. The number of hydrogen-bond acceptors (Lipinski definition) is 4. The van der Waals surface area contributed by atoms with Gasteiger partial charge in [0.25, 0.3) is 0 Å². The van der Waals surface area contributed by atoms with Crippen LogP contribution in [0.25, 0.3) is 5.69 Å². The molecule has 1 fully saturated rings. The van der Waals surface area contributed by atoms with Gasteiger partial charge in [-0.1, -0.05) is 12.1 Å². The molecule has 2 N–H and O–H groups in total. The van der Waals surface area contributed by atoms with Gasteiger partial charge in [-0.25, -0.2) is 4.68 Å². The second-order valence-corrected chi connectivity index (χ2v) is 6.22. The Morgan fingerprint density at radius 3 is 2.65 bits per heavy atom. The number of aromatic nitrogens is 2. The molecule has 0 bridgehead atoms. The molecule has 1 aliphatic rings. The zero-order valence-corrected chi connectivity index (χ0v) is 13.6. The molecule has 1 aromatic carbocycles. The van der Waals surface area contributed by atoms with Gasteiger partial charge in [-0.15, -0.1) is 0 Å². The number of likely N-dealkylation sites (tertiary alicyclic amines) is 1. The minimum Gasteiger partial charge on any atom is -0.393 e. The van der Waals surface area contributed by atoms with Crippen molar-refractivity contribution in [2.45, 2.75) is 31.9 Å². The van der Waals surface area contributed by atoms with E-state index in [2.05, 4.69) is 39.6 Å². The molecule has 0 amide bonds. The van der Waals surface area contributed by atoms with Gasteiger partial charge in [0.1, 0.15) is 0 Å². The molecule has 1 saturated heterocycles. The van der Waals surface area contributed by atoms with Crippen molar-refractivity contribution in [3.05, 3.63) is 48.3 Å². The molecule has 0 atom stereocenters. The first kappa shape index (κ1) is 16.2. The van der Waals surface area contributed by atoms with Crippen molar-refractivity contribution < 1.29 is 5.11 Å². The highest BCUT2D eigenvalue weighted by atomic mass is 16.3. The second kappa shape index (κ2) is 8.24. The van der Waals surface area contributed by atoms with E-state index in [0.717, 1.165) is 57.7 Å². The van der Waals surface area contributed by atoms with Crippen molar-refractivity contribution in [3.8, 4) is 5.69 Å². The largest absolute Gasteiger partial charge is 0.393 e. The third-order valence-electron chi connectivity index (χ3n) is 4.42. The number of benzene rings is 1. The molecule has 2 aromatic rings. The smallest absolute Gasteiger partial charge is 0.0645 e. The molecule has 0 unspecified atom stereocenters. The van der Waals surface area contributed by atoms with E-state index in [9.17, 15) is 5.11 Å². The Hall–Kier alpha value is -1.69. The van der Waals surface area contributed by atoms with E-state index < -0.39 is 0 Å². The lowest BCUT2D eigenvalue weighted by molar-refractivity contribution is 0.0821. The predicted molar refractivity (Wildman–Crippen MR) is 91.6 cm³/mol. The van der Waals surface area contributed by atoms with Gasteiger partial charge in [0.05, 0.1) is 11.8 Å². The van der Waals surface area contributed by atoms with Gasteiger partial charge >= 0.3 is 0 Å². The van der Waals surface area contributed by atoms with Crippen LogP contribution in [0, 0.1) is 0 Å². The van der Waals surface area contributed by atoms with Gasteiger partial charge in [-0.05, 0) is 56.1 Å². The lowest BCUT2D eigenvalue weighted by Gasteiger charge is -2.29. The monoisotopic (exact) mass is 314 g/mol. The van der Waals surface area contributed by atoms with Crippen molar-refractivity contribution >= 4 is 0 Å². The lowest BCUT2D eigenvalue weighted by Crippen LogP contribution is -2.37. The number of nitrogens with zero attached hydrogens (tertiary/aromatic N) is 3. The second-order valence-electron chi connectivity index (χ2n) is 6.22. The molecule has 0 saturated carbocycles. The Kier molecular flexibility index (Phi) is 5.80. The average molecular weight is 314 g/mol. The van der Waals surface area contributed by atoms with Crippen molar-refractivity contribution in [2.75, 3.05) is 26.2 Å². The summed E-state index contributed by atoms with van der Waals surface area (Å²) in [6.45, 7) is 5.13. The predicted octanol–water partition coefficient (Wildman–Crippen LogP) is 1.81. The third-order valence-corrected chi connectivity index (χ3v) is 4.42. The molecular weight excluding hydrogens is 288 g/mol. The quantitative estimate of drug-likeness (QED) is 0.765. The fraction of sp³-hybridized carbons (Fsp3) is 0.500. The first-order chi connectivity index (χ1) is 11.3. The Labute approximate surface area is 137 Å². The minimum absolute atomic E-state index is 0.0749. The summed E-state index contributed by atoms with van der Waals surface area (Å²) in [5, 5.41) is 17.2. The summed E-state index contributed by atoms with van der Waals surface area (Å²) >= 11 is 0. The van der Waals surface area contributed by atoms with Gasteiger partial charge in [-0.3, -0.25) is 0 Å². The molecule has 0 spiro atoms. The van der Waals surface area contributed by atoms with Crippen LogP contribution in [0.15, 0.2) is 42.7 Å². The van der Waals surface area contributed by atoms with Gasteiger partial charge in [0, 0.05) is 32.0 Å². The highest BCUT2D eigenvalue weighted by Crippen LogP contribution is 2.10. The molecule has 0 aliphatic carbocycles. The minimum atomic E-state index is -0.0749. The van der Waals surface area contributed by atoms with Crippen molar-refractivity contribution in [3.63, 3.8) is 0 Å². The van der Waals surface area contributed by atoms with E-state index in [1.807, 2.05) is 16.9 Å². The SMILES string of the molecule is OC1CCN(CCCNCc2ccc(-n3cccn3)cc2)CC1. The fourth-order valence-corrected chi connectivity index (χ4v) is 2.99. The van der Waals surface area contributed by atoms with Crippen LogP contribution in [-0.4, -0.2) is 52.1 Å². The molecule has 0 radical (unpaired) electrons. The maximum atomic E-state index is 9.50. The topological polar surface area (TPSA) is 53.3 Å². The normalized spacial score (nSPS) is 16.7. The summed E-state index contributed by atoms with van der Waals surface area (Å²) in [7, 11) is 0. The highest BCUT2D eigenvalue weighted by Gasteiger charge is 2.15. The molecule has 1 aromatic heterocycles. The highest BCUT2D eigenvalue weighted by molar-refractivity contribution is 5.33. The summed E-state index contributed by atoms with van der Waals surface area (Å²) in [5.41, 5.74) is 2.38. The number of rotatable bonds is 7. The number of aliphatic hydroxyl groups excluding tert-OH is 1. The molecule has 3 rings (SSSR count). The Morgan fingerprint density at radius 2 is 1.96 bits per heavy atom. The molecular formula is C18H26N4O. The van der Waals surface area contributed by atoms with E-state index in [4.69, 9.17) is 0 Å². The number of piperidine rings is 1. The van der Waals surface area contributed by atoms with Gasteiger partial charge in [-0.2, -0.15) is 5.10 Å². The Morgan fingerprint density at radius 1 is 1.17 bits per heavy atom. The van der Waals surface area contributed by atoms with Crippen LogP contribution in [0.3, 0.4) is 0 Å².